The summed E-state index contributed by atoms with van der Waals surface area (Å²) >= 11 is 0. The molecule has 3 heterocycles. The molecule has 0 saturated heterocycles. The molecule has 0 aliphatic heterocycles. The smallest absolute Gasteiger partial charge is 0.414 e. The van der Waals surface area contributed by atoms with Crippen LogP contribution in [0.5, 0.6) is 0 Å². The maximum absolute atomic E-state index is 12.8. The third-order valence-corrected chi connectivity index (χ3v) is 4.52. The Morgan fingerprint density at radius 3 is 2.58 bits per heavy atom. The number of hydrogen-bond acceptors (Lipinski definition) is 9. The third-order valence-electron chi connectivity index (χ3n) is 4.52. The molecule has 1 amide bonds. The summed E-state index contributed by atoms with van der Waals surface area (Å²) in [6.45, 7) is 7.01. The van der Waals surface area contributed by atoms with Gasteiger partial charge in [-0.2, -0.15) is 0 Å². The highest BCUT2D eigenvalue weighted by atomic mass is 16.6. The fourth-order valence-electron chi connectivity index (χ4n) is 2.85. The first-order chi connectivity index (χ1) is 14.7. The second-order valence-corrected chi connectivity index (χ2v) is 6.77. The summed E-state index contributed by atoms with van der Waals surface area (Å²) in [5.41, 5.74) is 7.56. The van der Waals surface area contributed by atoms with Gasteiger partial charge in [-0.3, -0.25) is 20.0 Å². The van der Waals surface area contributed by atoms with E-state index in [2.05, 4.69) is 15.0 Å². The number of rotatable bonds is 6. The van der Waals surface area contributed by atoms with Crippen molar-refractivity contribution in [2.45, 2.75) is 34.2 Å². The minimum Gasteiger partial charge on any atom is -0.449 e. The Hall–Kier alpha value is -4.02. The number of aromatic nitrogens is 3. The first-order valence-corrected chi connectivity index (χ1v) is 9.46. The van der Waals surface area contributed by atoms with Gasteiger partial charge < -0.3 is 14.9 Å². The largest absolute Gasteiger partial charge is 0.449 e. The Labute approximate surface area is 178 Å². The van der Waals surface area contributed by atoms with E-state index in [1.165, 1.54) is 6.07 Å². The number of pyridine rings is 2. The van der Waals surface area contributed by atoms with Crippen LogP contribution < -0.4 is 10.6 Å². The first kappa shape index (κ1) is 21.7. The van der Waals surface area contributed by atoms with Crippen molar-refractivity contribution in [3.05, 3.63) is 57.2 Å². The van der Waals surface area contributed by atoms with Crippen molar-refractivity contribution >= 4 is 23.3 Å². The molecule has 0 radical (unpaired) electrons. The van der Waals surface area contributed by atoms with E-state index in [9.17, 15) is 14.9 Å². The van der Waals surface area contributed by atoms with Crippen molar-refractivity contribution in [1.82, 2.24) is 15.0 Å². The molecule has 11 nitrogen and oxygen atoms in total. The van der Waals surface area contributed by atoms with Crippen LogP contribution in [0.2, 0.25) is 0 Å². The average molecular weight is 426 g/mol. The quantitative estimate of drug-likeness (QED) is 0.459. The van der Waals surface area contributed by atoms with Crippen molar-refractivity contribution in [2.75, 3.05) is 17.2 Å². The van der Waals surface area contributed by atoms with Crippen molar-refractivity contribution < 1.29 is 18.9 Å². The molecule has 3 aromatic rings. The lowest BCUT2D eigenvalue weighted by Crippen LogP contribution is -2.32. The zero-order valence-corrected chi connectivity index (χ0v) is 17.6. The number of ether oxygens (including phenoxy) is 1. The van der Waals surface area contributed by atoms with Crippen LogP contribution in [-0.2, 0) is 11.3 Å². The highest BCUT2D eigenvalue weighted by Crippen LogP contribution is 2.37. The molecule has 31 heavy (non-hydrogen) atoms. The van der Waals surface area contributed by atoms with E-state index in [0.29, 0.717) is 17.0 Å². The average Bonchev–Trinajstić information content (AvgIpc) is 3.05. The highest BCUT2D eigenvalue weighted by Gasteiger charge is 2.31. The fourth-order valence-corrected chi connectivity index (χ4v) is 2.85. The fraction of sp³-hybridized carbons (Fsp3) is 0.300. The summed E-state index contributed by atoms with van der Waals surface area (Å²) in [7, 11) is 0. The molecule has 162 valence electrons. The van der Waals surface area contributed by atoms with E-state index in [-0.39, 0.29) is 36.2 Å². The number of hydrogen-bond donors (Lipinski definition) is 1. The molecular weight excluding hydrogens is 404 g/mol. The number of carbonyl (C=O) groups excluding carboxylic acids is 1. The molecule has 11 heteroatoms. The number of nitro groups is 1. The van der Waals surface area contributed by atoms with Gasteiger partial charge in [0.05, 0.1) is 23.8 Å². The van der Waals surface area contributed by atoms with E-state index in [0.717, 1.165) is 10.6 Å². The van der Waals surface area contributed by atoms with Gasteiger partial charge in [0, 0.05) is 18.0 Å². The van der Waals surface area contributed by atoms with Gasteiger partial charge in [0.15, 0.2) is 0 Å². The summed E-state index contributed by atoms with van der Waals surface area (Å²) < 4.78 is 10.7. The summed E-state index contributed by atoms with van der Waals surface area (Å²) in [5, 5.41) is 11.8. The summed E-state index contributed by atoms with van der Waals surface area (Å²) in [4.78, 5) is 37.5. The van der Waals surface area contributed by atoms with Crippen LogP contribution in [0.15, 0.2) is 28.8 Å². The van der Waals surface area contributed by atoms with Crippen LogP contribution in [0.25, 0.3) is 11.6 Å². The van der Waals surface area contributed by atoms with Gasteiger partial charge in [-0.15, -0.1) is 0 Å². The van der Waals surface area contributed by atoms with Crippen molar-refractivity contribution in [2.24, 2.45) is 0 Å². The maximum Gasteiger partial charge on any atom is 0.414 e. The van der Waals surface area contributed by atoms with Crippen LogP contribution in [0.3, 0.4) is 0 Å². The Morgan fingerprint density at radius 2 is 2.03 bits per heavy atom. The van der Waals surface area contributed by atoms with Crippen molar-refractivity contribution in [3.63, 3.8) is 0 Å². The Balaban J connectivity index is 2.17. The van der Waals surface area contributed by atoms with Gasteiger partial charge >= 0.3 is 11.8 Å². The number of nitrogens with two attached hydrogens (primary N) is 1. The molecule has 2 N–H and O–H groups in total. The number of oxazole rings is 1. The molecule has 3 rings (SSSR count). The normalized spacial score (nSPS) is 10.7. The molecule has 0 bridgehead atoms. The Morgan fingerprint density at radius 1 is 1.29 bits per heavy atom. The summed E-state index contributed by atoms with van der Waals surface area (Å²) in [5.74, 6) is 0.337. The van der Waals surface area contributed by atoms with E-state index in [4.69, 9.17) is 14.9 Å². The second kappa shape index (κ2) is 8.78. The zero-order valence-electron chi connectivity index (χ0n) is 17.6. The van der Waals surface area contributed by atoms with E-state index in [1.54, 1.807) is 39.1 Å². The highest BCUT2D eigenvalue weighted by molar-refractivity contribution is 5.93. The monoisotopic (exact) mass is 426 g/mol. The predicted octanol–water partition coefficient (Wildman–Crippen LogP) is 3.71. The van der Waals surface area contributed by atoms with Crippen LogP contribution in [0.4, 0.5) is 22.0 Å². The number of anilines is 2. The molecule has 0 atom stereocenters. The van der Waals surface area contributed by atoms with Crippen molar-refractivity contribution in [3.8, 4) is 11.6 Å². The Bertz CT molecular complexity index is 1110. The maximum atomic E-state index is 12.8. The molecule has 0 aliphatic carbocycles. The molecule has 0 fully saturated rings. The number of nitrogens with zero attached hydrogens (tertiary/aromatic N) is 5. The van der Waals surface area contributed by atoms with Gasteiger partial charge in [-0.05, 0) is 39.3 Å². The Kier molecular flexibility index (Phi) is 6.14. The van der Waals surface area contributed by atoms with Gasteiger partial charge in [-0.25, -0.2) is 14.8 Å². The first-order valence-electron chi connectivity index (χ1n) is 9.46. The summed E-state index contributed by atoms with van der Waals surface area (Å²) in [6, 6.07) is 4.89. The minimum absolute atomic E-state index is 0.0283. The molecule has 0 saturated carbocycles. The van der Waals surface area contributed by atoms with Crippen LogP contribution in [0.1, 0.15) is 29.6 Å². The number of nitrogen functional groups attached to an aromatic ring is 1. The molecule has 0 unspecified atom stereocenters. The van der Waals surface area contributed by atoms with Crippen LogP contribution >= 0.6 is 0 Å². The van der Waals surface area contributed by atoms with Gasteiger partial charge in [-0.1, -0.05) is 6.07 Å². The molecular formula is C20H22N6O5. The lowest BCUT2D eigenvalue weighted by atomic mass is 10.2. The number of carbonyl (C=O) groups is 1. The minimum atomic E-state index is -0.775. The number of amides is 1. The predicted molar refractivity (Wildman–Crippen MR) is 112 cm³/mol. The number of aryl methyl sites for hydroxylation is 3. The van der Waals surface area contributed by atoms with E-state index in [1.807, 2.05) is 6.92 Å². The van der Waals surface area contributed by atoms with E-state index >= 15 is 0 Å². The van der Waals surface area contributed by atoms with Gasteiger partial charge in [0.2, 0.25) is 11.7 Å². The molecule has 0 aromatic carbocycles. The van der Waals surface area contributed by atoms with Crippen LogP contribution in [-0.4, -0.2) is 32.6 Å². The lowest BCUT2D eigenvalue weighted by Gasteiger charge is -2.22. The molecule has 3 aromatic heterocycles. The molecule has 0 spiro atoms. The van der Waals surface area contributed by atoms with Gasteiger partial charge in [0.1, 0.15) is 17.1 Å². The molecule has 0 aliphatic rings. The SMILES string of the molecule is CCOC(=O)N(Cc1ccc(C)nc1)c1cc(-c2nc(C)c(C)o2)nc(N)c1[N+](=O)[O-]. The standard InChI is InChI=1S/C20H22N6O5/c1-5-30-20(27)25(10-14-7-6-11(2)22-9-14)16-8-15(19-23-12(3)13(4)31-19)24-18(21)17(16)26(28)29/h6-9H,5,10H2,1-4H3,(H2,21,24). The lowest BCUT2D eigenvalue weighted by molar-refractivity contribution is -0.383. The third kappa shape index (κ3) is 4.60. The second-order valence-electron chi connectivity index (χ2n) is 6.77. The van der Waals surface area contributed by atoms with Gasteiger partial charge in [0.25, 0.3) is 0 Å². The zero-order chi connectivity index (χ0) is 22.7. The van der Waals surface area contributed by atoms with E-state index < -0.39 is 16.7 Å². The summed E-state index contributed by atoms with van der Waals surface area (Å²) in [6.07, 6.45) is 0.808. The van der Waals surface area contributed by atoms with Crippen LogP contribution in [0, 0.1) is 30.9 Å². The topological polar surface area (TPSA) is 151 Å². The van der Waals surface area contributed by atoms with Crippen molar-refractivity contribution in [1.29, 1.82) is 0 Å².